The van der Waals surface area contributed by atoms with E-state index in [2.05, 4.69) is 20.5 Å². The van der Waals surface area contributed by atoms with Gasteiger partial charge in [-0.25, -0.2) is 4.98 Å². The fourth-order valence-corrected chi connectivity index (χ4v) is 2.40. The first kappa shape index (κ1) is 15.9. The second-order valence-corrected chi connectivity index (χ2v) is 5.44. The average molecular weight is 322 g/mol. The Morgan fingerprint density at radius 3 is 2.46 bits per heavy atom. The van der Waals surface area contributed by atoms with Gasteiger partial charge in [0.15, 0.2) is 5.82 Å². The highest BCUT2D eigenvalue weighted by atomic mass is 16.3. The normalized spacial score (nSPS) is 11.9. The van der Waals surface area contributed by atoms with Gasteiger partial charge in [0.25, 0.3) is 5.91 Å². The summed E-state index contributed by atoms with van der Waals surface area (Å²) < 4.78 is 0. The molecule has 0 saturated heterocycles. The van der Waals surface area contributed by atoms with Crippen molar-refractivity contribution >= 4 is 5.91 Å². The van der Waals surface area contributed by atoms with Crippen LogP contribution in [0.4, 0.5) is 0 Å². The summed E-state index contributed by atoms with van der Waals surface area (Å²) in [4.78, 5) is 16.6. The molecule has 0 bridgehead atoms. The first-order valence-electron chi connectivity index (χ1n) is 7.63. The number of hydrogen-bond donors (Lipinski definition) is 3. The third kappa shape index (κ3) is 3.49. The molecule has 1 heterocycles. The van der Waals surface area contributed by atoms with Gasteiger partial charge < -0.3 is 10.4 Å². The molecule has 0 aliphatic rings. The molecule has 1 atom stereocenters. The molecule has 3 N–H and O–H groups in total. The van der Waals surface area contributed by atoms with Crippen molar-refractivity contribution in [2.24, 2.45) is 0 Å². The number of carbonyl (C=O) groups excluding carboxylic acids is 1. The maximum Gasteiger partial charge on any atom is 0.251 e. The van der Waals surface area contributed by atoms with Gasteiger partial charge in [-0.3, -0.25) is 9.89 Å². The molecule has 1 aromatic heterocycles. The van der Waals surface area contributed by atoms with Crippen molar-refractivity contribution in [2.45, 2.75) is 13.0 Å². The molecule has 0 aliphatic heterocycles. The zero-order valence-corrected chi connectivity index (χ0v) is 13.2. The Labute approximate surface area is 139 Å². The van der Waals surface area contributed by atoms with Crippen molar-refractivity contribution in [3.05, 3.63) is 71.5 Å². The lowest BCUT2D eigenvalue weighted by atomic mass is 10.1. The smallest absolute Gasteiger partial charge is 0.251 e. The molecule has 3 aromatic rings. The van der Waals surface area contributed by atoms with Crippen molar-refractivity contribution in [3.63, 3.8) is 0 Å². The first-order valence-corrected chi connectivity index (χ1v) is 7.63. The lowest BCUT2D eigenvalue weighted by Crippen LogP contribution is -2.30. The molecule has 1 amide bonds. The molecule has 0 aliphatic carbocycles. The lowest BCUT2D eigenvalue weighted by Gasteiger charge is -2.16. The van der Waals surface area contributed by atoms with E-state index in [1.807, 2.05) is 37.3 Å². The third-order valence-corrected chi connectivity index (χ3v) is 3.69. The van der Waals surface area contributed by atoms with Gasteiger partial charge in [-0.15, -0.1) is 0 Å². The molecule has 0 spiro atoms. The molecule has 6 nitrogen and oxygen atoms in total. The Morgan fingerprint density at radius 1 is 1.17 bits per heavy atom. The highest BCUT2D eigenvalue weighted by Crippen LogP contribution is 2.17. The van der Waals surface area contributed by atoms with E-state index in [1.54, 1.807) is 24.3 Å². The summed E-state index contributed by atoms with van der Waals surface area (Å²) in [6, 6.07) is 16.0. The van der Waals surface area contributed by atoms with E-state index in [0.717, 1.165) is 17.0 Å². The van der Waals surface area contributed by atoms with E-state index >= 15 is 0 Å². The van der Waals surface area contributed by atoms with Crippen LogP contribution in [0.3, 0.4) is 0 Å². The number of aromatic nitrogens is 3. The fourth-order valence-electron chi connectivity index (χ4n) is 2.40. The molecule has 0 radical (unpaired) electrons. The van der Waals surface area contributed by atoms with E-state index in [1.165, 1.54) is 0 Å². The molecule has 122 valence electrons. The lowest BCUT2D eigenvalue weighted by molar-refractivity contribution is 0.0916. The number of H-pyrrole nitrogens is 1. The SMILES string of the molecule is Cc1nc(-c2ccc(C(=O)N[C@H](CO)c3ccccc3)cc2)n[nH]1. The summed E-state index contributed by atoms with van der Waals surface area (Å²) in [6.45, 7) is 1.67. The van der Waals surface area contributed by atoms with Gasteiger partial charge >= 0.3 is 0 Å². The Kier molecular flexibility index (Phi) is 4.67. The van der Waals surface area contributed by atoms with Gasteiger partial charge in [0, 0.05) is 11.1 Å². The zero-order chi connectivity index (χ0) is 16.9. The Morgan fingerprint density at radius 2 is 1.88 bits per heavy atom. The summed E-state index contributed by atoms with van der Waals surface area (Å²) >= 11 is 0. The van der Waals surface area contributed by atoms with Crippen molar-refractivity contribution in [1.82, 2.24) is 20.5 Å². The molecule has 2 aromatic carbocycles. The average Bonchev–Trinajstić information content (AvgIpc) is 3.07. The van der Waals surface area contributed by atoms with E-state index in [9.17, 15) is 9.90 Å². The van der Waals surface area contributed by atoms with Crippen LogP contribution in [-0.4, -0.2) is 32.8 Å². The number of carbonyl (C=O) groups is 1. The molecule has 0 fully saturated rings. The fraction of sp³-hybridized carbons (Fsp3) is 0.167. The van der Waals surface area contributed by atoms with Crippen LogP contribution in [0.5, 0.6) is 0 Å². The van der Waals surface area contributed by atoms with E-state index in [0.29, 0.717) is 11.4 Å². The Bertz CT molecular complexity index is 813. The predicted molar refractivity (Wildman–Crippen MR) is 90.3 cm³/mol. The van der Waals surface area contributed by atoms with Crippen molar-refractivity contribution in [3.8, 4) is 11.4 Å². The molecular weight excluding hydrogens is 304 g/mol. The van der Waals surface area contributed by atoms with Crippen LogP contribution < -0.4 is 5.32 Å². The van der Waals surface area contributed by atoms with Crippen LogP contribution in [0.25, 0.3) is 11.4 Å². The van der Waals surface area contributed by atoms with Crippen LogP contribution in [0.15, 0.2) is 54.6 Å². The Hall–Kier alpha value is -2.99. The van der Waals surface area contributed by atoms with E-state index in [-0.39, 0.29) is 12.5 Å². The number of aliphatic hydroxyl groups is 1. The van der Waals surface area contributed by atoms with E-state index in [4.69, 9.17) is 0 Å². The topological polar surface area (TPSA) is 90.9 Å². The first-order chi connectivity index (χ1) is 11.7. The number of rotatable bonds is 5. The number of amides is 1. The van der Waals surface area contributed by atoms with Gasteiger partial charge in [-0.2, -0.15) is 5.10 Å². The summed E-state index contributed by atoms with van der Waals surface area (Å²) in [7, 11) is 0. The highest BCUT2D eigenvalue weighted by molar-refractivity contribution is 5.94. The number of aryl methyl sites for hydroxylation is 1. The predicted octanol–water partition coefficient (Wildman–Crippen LogP) is 2.24. The summed E-state index contributed by atoms with van der Waals surface area (Å²) in [5, 5.41) is 19.3. The maximum atomic E-state index is 12.4. The van der Waals surface area contributed by atoms with Crippen LogP contribution >= 0.6 is 0 Å². The van der Waals surface area contributed by atoms with Crippen LogP contribution in [-0.2, 0) is 0 Å². The second-order valence-electron chi connectivity index (χ2n) is 5.44. The minimum absolute atomic E-state index is 0.162. The highest BCUT2D eigenvalue weighted by Gasteiger charge is 2.15. The molecule has 24 heavy (non-hydrogen) atoms. The molecule has 0 saturated carbocycles. The monoisotopic (exact) mass is 322 g/mol. The van der Waals surface area contributed by atoms with Crippen LogP contribution in [0.2, 0.25) is 0 Å². The van der Waals surface area contributed by atoms with Gasteiger partial charge in [0.05, 0.1) is 12.6 Å². The minimum Gasteiger partial charge on any atom is -0.394 e. The number of nitrogens with zero attached hydrogens (tertiary/aromatic N) is 2. The van der Waals surface area contributed by atoms with Crippen molar-refractivity contribution < 1.29 is 9.90 Å². The maximum absolute atomic E-state index is 12.4. The van der Waals surface area contributed by atoms with Crippen LogP contribution in [0.1, 0.15) is 27.8 Å². The van der Waals surface area contributed by atoms with Gasteiger partial charge in [-0.1, -0.05) is 42.5 Å². The van der Waals surface area contributed by atoms with Crippen molar-refractivity contribution in [1.29, 1.82) is 0 Å². The van der Waals surface area contributed by atoms with Crippen molar-refractivity contribution in [2.75, 3.05) is 6.61 Å². The molecule has 0 unspecified atom stereocenters. The number of benzene rings is 2. The van der Waals surface area contributed by atoms with Gasteiger partial charge in [-0.05, 0) is 24.6 Å². The van der Waals surface area contributed by atoms with Gasteiger partial charge in [0.1, 0.15) is 5.82 Å². The number of aliphatic hydroxyl groups excluding tert-OH is 1. The van der Waals surface area contributed by atoms with Crippen LogP contribution in [0, 0.1) is 6.92 Å². The summed E-state index contributed by atoms with van der Waals surface area (Å²) in [5.74, 6) is 1.09. The standard InChI is InChI=1S/C18H18N4O2/c1-12-19-17(22-21-12)14-7-9-15(10-8-14)18(24)20-16(11-23)13-5-3-2-4-6-13/h2-10,16,23H,11H2,1H3,(H,20,24)(H,19,21,22)/t16-/m1/s1. The number of aromatic amines is 1. The largest absolute Gasteiger partial charge is 0.394 e. The molecule has 6 heteroatoms. The Balaban J connectivity index is 1.73. The van der Waals surface area contributed by atoms with Gasteiger partial charge in [0.2, 0.25) is 0 Å². The minimum atomic E-state index is -0.436. The second kappa shape index (κ2) is 7.06. The molecule has 3 rings (SSSR count). The quantitative estimate of drug-likeness (QED) is 0.672. The third-order valence-electron chi connectivity index (χ3n) is 3.69. The number of hydrogen-bond acceptors (Lipinski definition) is 4. The van der Waals surface area contributed by atoms with E-state index < -0.39 is 6.04 Å². The summed E-state index contributed by atoms with van der Waals surface area (Å²) in [6.07, 6.45) is 0. The number of nitrogens with one attached hydrogen (secondary N) is 2. The molecular formula is C18H18N4O2. The summed E-state index contributed by atoms with van der Waals surface area (Å²) in [5.41, 5.74) is 2.21. The zero-order valence-electron chi connectivity index (χ0n) is 13.2.